The van der Waals surface area contributed by atoms with E-state index >= 15 is 0 Å². The third-order valence-corrected chi connectivity index (χ3v) is 5.67. The van der Waals surface area contributed by atoms with E-state index in [9.17, 15) is 19.5 Å². The summed E-state index contributed by atoms with van der Waals surface area (Å²) in [4.78, 5) is 39.4. The number of carbonyl (C=O) groups is 3. The first-order chi connectivity index (χ1) is 13.6. The Morgan fingerprint density at radius 2 is 1.79 bits per heavy atom. The van der Waals surface area contributed by atoms with E-state index in [2.05, 4.69) is 0 Å². The molecule has 3 atom stereocenters. The van der Waals surface area contributed by atoms with Crippen molar-refractivity contribution in [2.75, 3.05) is 0 Å². The minimum Gasteiger partial charge on any atom is -0.481 e. The molecule has 6 nitrogen and oxygen atoms in total. The summed E-state index contributed by atoms with van der Waals surface area (Å²) in [7, 11) is 0. The Morgan fingerprint density at radius 3 is 2.31 bits per heavy atom. The van der Waals surface area contributed by atoms with Crippen LogP contribution in [0.25, 0.3) is 0 Å². The number of rotatable bonds is 6. The molecule has 1 amide bonds. The molecule has 0 radical (unpaired) electrons. The van der Waals surface area contributed by atoms with Crippen LogP contribution in [0.15, 0.2) is 24.3 Å². The predicted octanol–water partition coefficient (Wildman–Crippen LogP) is 4.21. The molecule has 1 saturated heterocycles. The van der Waals surface area contributed by atoms with Crippen molar-refractivity contribution in [2.24, 2.45) is 11.8 Å². The van der Waals surface area contributed by atoms with Gasteiger partial charge in [-0.15, -0.1) is 0 Å². The van der Waals surface area contributed by atoms with Crippen molar-refractivity contribution < 1.29 is 24.2 Å². The third-order valence-electron chi connectivity index (χ3n) is 5.42. The summed E-state index contributed by atoms with van der Waals surface area (Å²) in [6, 6.07) is 6.26. The first-order valence-electron chi connectivity index (χ1n) is 10.1. The summed E-state index contributed by atoms with van der Waals surface area (Å²) in [5.41, 5.74) is 0.227. The van der Waals surface area contributed by atoms with Crippen LogP contribution >= 0.6 is 11.6 Å². The molecule has 1 aliphatic carbocycles. The normalized spacial score (nSPS) is 23.6. The van der Waals surface area contributed by atoms with Gasteiger partial charge in [0.1, 0.15) is 11.6 Å². The summed E-state index contributed by atoms with van der Waals surface area (Å²) in [5, 5.41) is 9.82. The molecule has 0 spiro atoms. The quantitative estimate of drug-likeness (QED) is 0.695. The fraction of sp³-hybridized carbons (Fsp3) is 0.591. The van der Waals surface area contributed by atoms with Crippen molar-refractivity contribution in [1.29, 1.82) is 0 Å². The third kappa shape index (κ3) is 5.30. The monoisotopic (exact) mass is 421 g/mol. The van der Waals surface area contributed by atoms with Gasteiger partial charge in [-0.1, -0.05) is 23.7 Å². The van der Waals surface area contributed by atoms with E-state index in [4.69, 9.17) is 16.3 Å². The Morgan fingerprint density at radius 1 is 1.17 bits per heavy atom. The smallest absolute Gasteiger partial charge is 0.329 e. The van der Waals surface area contributed by atoms with Gasteiger partial charge < -0.3 is 14.7 Å². The fourth-order valence-corrected chi connectivity index (χ4v) is 4.16. The molecule has 2 fully saturated rings. The van der Waals surface area contributed by atoms with Crippen LogP contribution < -0.4 is 0 Å². The Bertz CT molecular complexity index is 781. The molecule has 29 heavy (non-hydrogen) atoms. The van der Waals surface area contributed by atoms with E-state index in [0.29, 0.717) is 17.9 Å². The molecule has 0 bridgehead atoms. The van der Waals surface area contributed by atoms with Crippen molar-refractivity contribution in [3.05, 3.63) is 34.9 Å². The largest absolute Gasteiger partial charge is 0.481 e. The maximum absolute atomic E-state index is 13.4. The van der Waals surface area contributed by atoms with Crippen LogP contribution in [0.3, 0.4) is 0 Å². The van der Waals surface area contributed by atoms with Gasteiger partial charge in [0, 0.05) is 10.9 Å². The van der Waals surface area contributed by atoms with Gasteiger partial charge in [-0.25, -0.2) is 4.79 Å². The topological polar surface area (TPSA) is 83.9 Å². The molecular formula is C22H28ClNO5. The van der Waals surface area contributed by atoms with Crippen molar-refractivity contribution in [1.82, 2.24) is 4.90 Å². The van der Waals surface area contributed by atoms with Gasteiger partial charge >= 0.3 is 11.9 Å². The second kappa shape index (κ2) is 8.34. The number of ether oxygens (including phenoxy) is 1. The summed E-state index contributed by atoms with van der Waals surface area (Å²) in [6.45, 7) is 5.41. The maximum Gasteiger partial charge on any atom is 0.329 e. The Labute approximate surface area is 176 Å². The molecule has 1 aliphatic heterocycles. The number of benzene rings is 1. The molecule has 7 heteroatoms. The van der Waals surface area contributed by atoms with Crippen LogP contribution in [0.2, 0.25) is 5.02 Å². The zero-order chi connectivity index (χ0) is 21.3. The van der Waals surface area contributed by atoms with E-state index in [0.717, 1.165) is 18.4 Å². The highest BCUT2D eigenvalue weighted by Gasteiger charge is 2.50. The van der Waals surface area contributed by atoms with Gasteiger partial charge in [0.05, 0.1) is 12.5 Å². The number of hydrogen-bond donors (Lipinski definition) is 1. The molecular weight excluding hydrogens is 394 g/mol. The number of amides is 1. The van der Waals surface area contributed by atoms with Gasteiger partial charge in [0.25, 0.3) is 0 Å². The highest BCUT2D eigenvalue weighted by molar-refractivity contribution is 6.30. The molecule has 1 aromatic carbocycles. The van der Waals surface area contributed by atoms with Gasteiger partial charge in [0.15, 0.2) is 0 Å². The first-order valence-corrected chi connectivity index (χ1v) is 10.5. The molecule has 3 rings (SSSR count). The second-order valence-corrected chi connectivity index (χ2v) is 9.44. The number of likely N-dealkylation sites (tertiary alicyclic amines) is 1. The number of carboxylic acid groups (broad SMARTS) is 1. The van der Waals surface area contributed by atoms with Gasteiger partial charge in [-0.05, 0) is 70.1 Å². The average Bonchev–Trinajstić information content (AvgIpc) is 3.42. The lowest BCUT2D eigenvalue weighted by Gasteiger charge is -2.43. The van der Waals surface area contributed by atoms with Crippen LogP contribution in [0.5, 0.6) is 0 Å². The lowest BCUT2D eigenvalue weighted by Crippen LogP contribution is -2.54. The molecule has 1 aromatic rings. The summed E-state index contributed by atoms with van der Waals surface area (Å²) in [5.74, 6) is -2.27. The molecule has 2 aliphatic rings. The number of piperidine rings is 1. The van der Waals surface area contributed by atoms with Crippen molar-refractivity contribution in [2.45, 2.75) is 70.6 Å². The van der Waals surface area contributed by atoms with Gasteiger partial charge in [0.2, 0.25) is 5.91 Å². The van der Waals surface area contributed by atoms with Crippen LogP contribution in [0.4, 0.5) is 0 Å². The molecule has 0 aromatic heterocycles. The fourth-order valence-electron chi connectivity index (χ4n) is 4.04. The Kier molecular flexibility index (Phi) is 6.22. The number of nitrogens with zero attached hydrogens (tertiary/aromatic N) is 1. The molecule has 3 unspecified atom stereocenters. The van der Waals surface area contributed by atoms with Crippen molar-refractivity contribution in [3.63, 3.8) is 0 Å². The lowest BCUT2D eigenvalue weighted by molar-refractivity contribution is -0.171. The average molecular weight is 422 g/mol. The van der Waals surface area contributed by atoms with Crippen LogP contribution in [0, 0.1) is 11.8 Å². The predicted molar refractivity (Wildman–Crippen MR) is 108 cm³/mol. The zero-order valence-corrected chi connectivity index (χ0v) is 17.8. The summed E-state index contributed by atoms with van der Waals surface area (Å²) in [6.07, 6.45) is 2.54. The van der Waals surface area contributed by atoms with E-state index in [-0.39, 0.29) is 24.3 Å². The van der Waals surface area contributed by atoms with Gasteiger partial charge in [-0.2, -0.15) is 0 Å². The van der Waals surface area contributed by atoms with Crippen molar-refractivity contribution >= 4 is 29.4 Å². The van der Waals surface area contributed by atoms with E-state index < -0.39 is 29.5 Å². The van der Waals surface area contributed by atoms with E-state index in [1.165, 1.54) is 0 Å². The first kappa shape index (κ1) is 21.6. The van der Waals surface area contributed by atoms with Crippen LogP contribution in [0.1, 0.15) is 64.5 Å². The SMILES string of the molecule is CC(C)(C)OC(=O)C(C1CC1)N1C(=O)C(CC(=O)O)CCC1c1ccc(Cl)cc1. The van der Waals surface area contributed by atoms with Gasteiger partial charge in [-0.3, -0.25) is 9.59 Å². The number of carbonyl (C=O) groups excluding carboxylic acids is 2. The molecule has 1 saturated carbocycles. The molecule has 1 N–H and O–H groups in total. The van der Waals surface area contributed by atoms with Crippen LogP contribution in [-0.4, -0.2) is 39.5 Å². The number of hydrogen-bond acceptors (Lipinski definition) is 4. The number of halogens is 1. The highest BCUT2D eigenvalue weighted by Crippen LogP contribution is 2.44. The number of carboxylic acids is 1. The van der Waals surface area contributed by atoms with E-state index in [1.54, 1.807) is 37.8 Å². The van der Waals surface area contributed by atoms with E-state index in [1.807, 2.05) is 12.1 Å². The second-order valence-electron chi connectivity index (χ2n) is 9.00. The lowest BCUT2D eigenvalue weighted by atomic mass is 9.84. The molecule has 158 valence electrons. The van der Waals surface area contributed by atoms with Crippen molar-refractivity contribution in [3.8, 4) is 0 Å². The van der Waals surface area contributed by atoms with Crippen LogP contribution in [-0.2, 0) is 19.1 Å². The summed E-state index contributed by atoms with van der Waals surface area (Å²) >= 11 is 6.02. The highest BCUT2D eigenvalue weighted by atomic mass is 35.5. The minimum absolute atomic E-state index is 0.0483. The molecule has 1 heterocycles. The Hall–Kier alpha value is -2.08. The zero-order valence-electron chi connectivity index (χ0n) is 17.1. The minimum atomic E-state index is -1.01. The Balaban J connectivity index is 1.97. The number of esters is 1. The maximum atomic E-state index is 13.4. The number of aliphatic carboxylic acids is 1. The standard InChI is InChI=1S/C22H28ClNO5/c1-22(2,3)29-21(28)19(14-4-5-14)24-17(13-6-9-16(23)10-7-13)11-8-15(20(24)27)12-18(25)26/h6-7,9-10,14-15,17,19H,4-5,8,11-12H2,1-3H3,(H,25,26). The summed E-state index contributed by atoms with van der Waals surface area (Å²) < 4.78 is 5.65.